The van der Waals surface area contributed by atoms with Crippen LogP contribution in [0.3, 0.4) is 0 Å². The number of nitrogens with zero attached hydrogens (tertiary/aromatic N) is 5. The molecule has 0 atom stereocenters. The highest BCUT2D eigenvalue weighted by atomic mass is 16.5. The van der Waals surface area contributed by atoms with Gasteiger partial charge in [-0.25, -0.2) is 0 Å². The number of hydrogen-bond acceptors (Lipinski definition) is 6. The van der Waals surface area contributed by atoms with Crippen LogP contribution in [0.5, 0.6) is 0 Å². The molecule has 1 fully saturated rings. The molecule has 1 saturated heterocycles. The quantitative estimate of drug-likeness (QED) is 0.676. The van der Waals surface area contributed by atoms with Crippen molar-refractivity contribution < 1.29 is 9.53 Å². The van der Waals surface area contributed by atoms with Crippen molar-refractivity contribution in [1.82, 2.24) is 20.2 Å². The SMILES string of the molecule is O=C(c1ccc(N2CCOCC2)cc1)c1nnnn1-c1ccccc1. The van der Waals surface area contributed by atoms with E-state index in [1.165, 1.54) is 4.68 Å². The number of para-hydroxylation sites is 1. The summed E-state index contributed by atoms with van der Waals surface area (Å²) in [7, 11) is 0. The van der Waals surface area contributed by atoms with E-state index in [0.29, 0.717) is 5.56 Å². The Balaban J connectivity index is 1.59. The zero-order chi connectivity index (χ0) is 17.1. The van der Waals surface area contributed by atoms with Crippen molar-refractivity contribution in [3.05, 3.63) is 66.0 Å². The first-order chi connectivity index (χ1) is 12.3. The molecule has 0 radical (unpaired) electrons. The molecule has 0 aliphatic carbocycles. The Hall–Kier alpha value is -3.06. The van der Waals surface area contributed by atoms with Gasteiger partial charge in [-0.15, -0.1) is 5.10 Å². The topological polar surface area (TPSA) is 73.1 Å². The largest absolute Gasteiger partial charge is 0.378 e. The van der Waals surface area contributed by atoms with Gasteiger partial charge in [0.1, 0.15) is 0 Å². The van der Waals surface area contributed by atoms with E-state index in [-0.39, 0.29) is 11.6 Å². The lowest BCUT2D eigenvalue weighted by Gasteiger charge is -2.28. The van der Waals surface area contributed by atoms with Gasteiger partial charge in [-0.1, -0.05) is 18.2 Å². The van der Waals surface area contributed by atoms with Crippen LogP contribution in [0, 0.1) is 0 Å². The maximum absolute atomic E-state index is 12.8. The lowest BCUT2D eigenvalue weighted by Crippen LogP contribution is -2.36. The van der Waals surface area contributed by atoms with Gasteiger partial charge in [-0.05, 0) is 46.8 Å². The highest BCUT2D eigenvalue weighted by molar-refractivity contribution is 6.07. The Kier molecular flexibility index (Phi) is 4.22. The summed E-state index contributed by atoms with van der Waals surface area (Å²) in [5.74, 6) is -0.00676. The van der Waals surface area contributed by atoms with E-state index in [4.69, 9.17) is 4.74 Å². The van der Waals surface area contributed by atoms with Gasteiger partial charge < -0.3 is 9.64 Å². The second-order valence-electron chi connectivity index (χ2n) is 5.73. The lowest BCUT2D eigenvalue weighted by atomic mass is 10.1. The molecule has 0 bridgehead atoms. The number of hydrogen-bond donors (Lipinski definition) is 0. The number of morpholine rings is 1. The summed E-state index contributed by atoms with van der Waals surface area (Å²) in [6.45, 7) is 3.18. The summed E-state index contributed by atoms with van der Waals surface area (Å²) >= 11 is 0. The number of ketones is 1. The number of anilines is 1. The Morgan fingerprint density at radius 2 is 1.64 bits per heavy atom. The summed E-state index contributed by atoms with van der Waals surface area (Å²) in [6.07, 6.45) is 0. The number of carbonyl (C=O) groups is 1. The molecule has 1 aliphatic rings. The minimum Gasteiger partial charge on any atom is -0.378 e. The molecule has 1 aliphatic heterocycles. The molecule has 4 rings (SSSR count). The molecular formula is C18H17N5O2. The predicted octanol–water partition coefficient (Wildman–Crippen LogP) is 1.73. The molecule has 0 amide bonds. The molecule has 2 heterocycles. The van der Waals surface area contributed by atoms with Crippen molar-refractivity contribution in [2.75, 3.05) is 31.2 Å². The average molecular weight is 335 g/mol. The molecular weight excluding hydrogens is 318 g/mol. The van der Waals surface area contributed by atoms with Crippen LogP contribution in [0.4, 0.5) is 5.69 Å². The molecule has 0 N–H and O–H groups in total. The monoisotopic (exact) mass is 335 g/mol. The number of aromatic nitrogens is 4. The third-order valence-corrected chi connectivity index (χ3v) is 4.18. The molecule has 7 nitrogen and oxygen atoms in total. The number of ether oxygens (including phenoxy) is 1. The van der Waals surface area contributed by atoms with Gasteiger partial charge >= 0.3 is 0 Å². The van der Waals surface area contributed by atoms with Crippen LogP contribution in [-0.4, -0.2) is 52.3 Å². The molecule has 1 aromatic heterocycles. The average Bonchev–Trinajstić information content (AvgIpc) is 3.19. The van der Waals surface area contributed by atoms with E-state index < -0.39 is 0 Å². The van der Waals surface area contributed by atoms with Gasteiger partial charge in [0.2, 0.25) is 11.6 Å². The Morgan fingerprint density at radius 3 is 2.36 bits per heavy atom. The fourth-order valence-corrected chi connectivity index (χ4v) is 2.85. The van der Waals surface area contributed by atoms with Crippen LogP contribution in [0.25, 0.3) is 5.69 Å². The lowest BCUT2D eigenvalue weighted by molar-refractivity contribution is 0.102. The molecule has 126 valence electrons. The second-order valence-corrected chi connectivity index (χ2v) is 5.73. The predicted molar refractivity (Wildman–Crippen MR) is 92.1 cm³/mol. The first-order valence-electron chi connectivity index (χ1n) is 8.14. The van der Waals surface area contributed by atoms with Crippen LogP contribution in [0.2, 0.25) is 0 Å². The zero-order valence-corrected chi connectivity index (χ0v) is 13.6. The first-order valence-corrected chi connectivity index (χ1v) is 8.14. The van der Waals surface area contributed by atoms with Crippen molar-refractivity contribution in [3.8, 4) is 5.69 Å². The van der Waals surface area contributed by atoms with E-state index in [2.05, 4.69) is 20.4 Å². The number of benzene rings is 2. The fourth-order valence-electron chi connectivity index (χ4n) is 2.85. The van der Waals surface area contributed by atoms with E-state index in [0.717, 1.165) is 37.7 Å². The smallest absolute Gasteiger partial charge is 0.232 e. The standard InChI is InChI=1S/C18H17N5O2/c24-17(18-19-20-21-23(18)16-4-2-1-3-5-16)14-6-8-15(9-7-14)22-10-12-25-13-11-22/h1-9H,10-13H2. The van der Waals surface area contributed by atoms with Crippen molar-refractivity contribution >= 4 is 11.5 Å². The molecule has 0 spiro atoms. The Labute approximate surface area is 144 Å². The van der Waals surface area contributed by atoms with Crippen LogP contribution < -0.4 is 4.90 Å². The van der Waals surface area contributed by atoms with Gasteiger partial charge in [0, 0.05) is 24.3 Å². The van der Waals surface area contributed by atoms with E-state index in [1.54, 1.807) is 0 Å². The Morgan fingerprint density at radius 1 is 0.920 bits per heavy atom. The molecule has 2 aromatic carbocycles. The van der Waals surface area contributed by atoms with Gasteiger partial charge in [0.05, 0.1) is 18.9 Å². The summed E-state index contributed by atoms with van der Waals surface area (Å²) in [6, 6.07) is 16.9. The highest BCUT2D eigenvalue weighted by Crippen LogP contribution is 2.18. The van der Waals surface area contributed by atoms with Crippen LogP contribution >= 0.6 is 0 Å². The van der Waals surface area contributed by atoms with Crippen molar-refractivity contribution in [2.45, 2.75) is 0 Å². The van der Waals surface area contributed by atoms with Crippen LogP contribution in [-0.2, 0) is 4.74 Å². The van der Waals surface area contributed by atoms with Crippen molar-refractivity contribution in [1.29, 1.82) is 0 Å². The van der Waals surface area contributed by atoms with Crippen molar-refractivity contribution in [2.24, 2.45) is 0 Å². The maximum atomic E-state index is 12.8. The van der Waals surface area contributed by atoms with Gasteiger partial charge in [-0.2, -0.15) is 4.68 Å². The maximum Gasteiger partial charge on any atom is 0.232 e. The first kappa shape index (κ1) is 15.5. The molecule has 3 aromatic rings. The van der Waals surface area contributed by atoms with Crippen LogP contribution in [0.1, 0.15) is 16.2 Å². The summed E-state index contributed by atoms with van der Waals surface area (Å²) < 4.78 is 6.82. The number of rotatable bonds is 4. The molecule has 7 heteroatoms. The molecule has 0 saturated carbocycles. The summed E-state index contributed by atoms with van der Waals surface area (Å²) in [5, 5.41) is 11.5. The third-order valence-electron chi connectivity index (χ3n) is 4.18. The van der Waals surface area contributed by atoms with Gasteiger partial charge in [0.25, 0.3) is 0 Å². The normalized spacial score (nSPS) is 14.5. The zero-order valence-electron chi connectivity index (χ0n) is 13.6. The Bertz CT molecular complexity index is 855. The summed E-state index contributed by atoms with van der Waals surface area (Å²) in [5.41, 5.74) is 2.40. The van der Waals surface area contributed by atoms with Crippen molar-refractivity contribution in [3.63, 3.8) is 0 Å². The summed E-state index contributed by atoms with van der Waals surface area (Å²) in [4.78, 5) is 15.0. The van der Waals surface area contributed by atoms with E-state index in [1.807, 2.05) is 54.6 Å². The minimum atomic E-state index is -0.206. The van der Waals surface area contributed by atoms with E-state index in [9.17, 15) is 4.79 Å². The van der Waals surface area contributed by atoms with Crippen LogP contribution in [0.15, 0.2) is 54.6 Å². The number of carbonyl (C=O) groups excluding carboxylic acids is 1. The van der Waals surface area contributed by atoms with Gasteiger partial charge in [-0.3, -0.25) is 4.79 Å². The number of tetrazole rings is 1. The third kappa shape index (κ3) is 3.14. The molecule has 0 unspecified atom stereocenters. The highest BCUT2D eigenvalue weighted by Gasteiger charge is 2.19. The molecule has 25 heavy (non-hydrogen) atoms. The second kappa shape index (κ2) is 6.82. The van der Waals surface area contributed by atoms with E-state index >= 15 is 0 Å². The minimum absolute atomic E-state index is 0.199. The van der Waals surface area contributed by atoms with Gasteiger partial charge in [0.15, 0.2) is 0 Å². The fraction of sp³-hybridized carbons (Fsp3) is 0.222.